The summed E-state index contributed by atoms with van der Waals surface area (Å²) in [5.74, 6) is 1.86. The zero-order chi connectivity index (χ0) is 15.1. The summed E-state index contributed by atoms with van der Waals surface area (Å²) in [5, 5.41) is 0. The normalized spacial score (nSPS) is 16.8. The van der Waals surface area contributed by atoms with Gasteiger partial charge in [0.15, 0.2) is 0 Å². The van der Waals surface area contributed by atoms with Crippen molar-refractivity contribution in [3.63, 3.8) is 0 Å². The molecule has 0 aliphatic carbocycles. The van der Waals surface area contributed by atoms with Gasteiger partial charge in [0, 0.05) is 13.0 Å². The van der Waals surface area contributed by atoms with Gasteiger partial charge in [0.25, 0.3) is 0 Å². The first kappa shape index (κ1) is 16.2. The molecular formula is C17H26N2OS. The molecule has 1 fully saturated rings. The largest absolute Gasteiger partial charge is 0.492 e. The second-order valence-corrected chi connectivity index (χ2v) is 6.35. The summed E-state index contributed by atoms with van der Waals surface area (Å²) in [6.07, 6.45) is 4.65. The minimum Gasteiger partial charge on any atom is -0.492 e. The molecule has 2 N–H and O–H groups in total. The number of thiocarbonyl (C=S) groups is 1. The van der Waals surface area contributed by atoms with Crippen molar-refractivity contribution in [2.24, 2.45) is 11.7 Å². The quantitative estimate of drug-likeness (QED) is 0.786. The minimum atomic E-state index is 0.527. The van der Waals surface area contributed by atoms with E-state index in [9.17, 15) is 0 Å². The lowest BCUT2D eigenvalue weighted by molar-refractivity contribution is 0.153. The fourth-order valence-corrected chi connectivity index (χ4v) is 2.98. The van der Waals surface area contributed by atoms with Crippen molar-refractivity contribution in [2.45, 2.75) is 32.6 Å². The van der Waals surface area contributed by atoms with Crippen LogP contribution in [0.15, 0.2) is 24.3 Å². The smallest absolute Gasteiger partial charge is 0.119 e. The Morgan fingerprint density at radius 3 is 2.52 bits per heavy atom. The van der Waals surface area contributed by atoms with E-state index in [0.29, 0.717) is 11.4 Å². The maximum absolute atomic E-state index is 5.82. The first-order valence-electron chi connectivity index (χ1n) is 7.89. The van der Waals surface area contributed by atoms with Gasteiger partial charge in [-0.1, -0.05) is 37.7 Å². The Morgan fingerprint density at radius 2 is 1.95 bits per heavy atom. The molecule has 0 spiro atoms. The number of piperidine rings is 1. The van der Waals surface area contributed by atoms with Crippen LogP contribution in [0.3, 0.4) is 0 Å². The highest BCUT2D eigenvalue weighted by atomic mass is 32.1. The zero-order valence-electron chi connectivity index (χ0n) is 12.9. The maximum Gasteiger partial charge on any atom is 0.119 e. The van der Waals surface area contributed by atoms with E-state index in [-0.39, 0.29) is 0 Å². The number of nitrogens with two attached hydrogens (primary N) is 1. The summed E-state index contributed by atoms with van der Waals surface area (Å²) in [5.41, 5.74) is 6.68. The van der Waals surface area contributed by atoms with E-state index in [2.05, 4.69) is 11.8 Å². The van der Waals surface area contributed by atoms with Crippen molar-refractivity contribution in [1.29, 1.82) is 0 Å². The molecule has 1 aliphatic heterocycles. The SMILES string of the molecule is CCC1CCN(CCOc2ccc(CC(N)=S)cc2)CC1. The van der Waals surface area contributed by atoms with Crippen LogP contribution in [0.25, 0.3) is 0 Å². The second kappa shape index (κ2) is 8.35. The lowest BCUT2D eigenvalue weighted by atomic mass is 9.94. The molecule has 0 bridgehead atoms. The van der Waals surface area contributed by atoms with Crippen LogP contribution in [0.2, 0.25) is 0 Å². The van der Waals surface area contributed by atoms with Crippen molar-refractivity contribution >= 4 is 17.2 Å². The van der Waals surface area contributed by atoms with Gasteiger partial charge in [-0.05, 0) is 49.5 Å². The Balaban J connectivity index is 1.68. The first-order valence-corrected chi connectivity index (χ1v) is 8.30. The molecular weight excluding hydrogens is 280 g/mol. The lowest BCUT2D eigenvalue weighted by Gasteiger charge is -2.31. The molecule has 0 atom stereocenters. The van der Waals surface area contributed by atoms with Crippen LogP contribution in [-0.4, -0.2) is 36.1 Å². The third kappa shape index (κ3) is 5.64. The Hall–Kier alpha value is -1.13. The van der Waals surface area contributed by atoms with Crippen LogP contribution >= 0.6 is 12.2 Å². The standard InChI is InChI=1S/C17H26N2OS/c1-2-14-7-9-19(10-8-14)11-12-20-16-5-3-15(4-6-16)13-17(18)21/h3-6,14H,2,7-13H2,1H3,(H2,18,21). The summed E-state index contributed by atoms with van der Waals surface area (Å²) >= 11 is 4.91. The molecule has 1 saturated heterocycles. The third-order valence-corrected chi connectivity index (χ3v) is 4.41. The van der Waals surface area contributed by atoms with Crippen molar-refractivity contribution in [2.75, 3.05) is 26.2 Å². The molecule has 0 aromatic heterocycles. The molecule has 0 saturated carbocycles. The highest BCUT2D eigenvalue weighted by Gasteiger charge is 2.17. The summed E-state index contributed by atoms with van der Waals surface area (Å²) in [6, 6.07) is 8.05. The van der Waals surface area contributed by atoms with Crippen LogP contribution in [0.1, 0.15) is 31.7 Å². The molecule has 0 radical (unpaired) electrons. The minimum absolute atomic E-state index is 0.527. The molecule has 1 aromatic rings. The summed E-state index contributed by atoms with van der Waals surface area (Å²) in [7, 11) is 0. The van der Waals surface area contributed by atoms with Crippen LogP contribution < -0.4 is 10.5 Å². The second-order valence-electron chi connectivity index (χ2n) is 5.83. The van der Waals surface area contributed by atoms with Gasteiger partial charge in [0.1, 0.15) is 12.4 Å². The maximum atomic E-state index is 5.82. The van der Waals surface area contributed by atoms with Gasteiger partial charge in [0.2, 0.25) is 0 Å². The summed E-state index contributed by atoms with van der Waals surface area (Å²) in [4.78, 5) is 3.03. The number of ether oxygens (including phenoxy) is 1. The molecule has 21 heavy (non-hydrogen) atoms. The monoisotopic (exact) mass is 306 g/mol. The topological polar surface area (TPSA) is 38.5 Å². The molecule has 0 unspecified atom stereocenters. The van der Waals surface area contributed by atoms with Crippen molar-refractivity contribution in [3.8, 4) is 5.75 Å². The third-order valence-electron chi connectivity index (χ3n) is 4.26. The van der Waals surface area contributed by atoms with Crippen molar-refractivity contribution < 1.29 is 4.74 Å². The molecule has 0 amide bonds. The van der Waals surface area contributed by atoms with Crippen molar-refractivity contribution in [1.82, 2.24) is 4.90 Å². The molecule has 1 aromatic carbocycles. The van der Waals surface area contributed by atoms with E-state index in [1.54, 1.807) is 0 Å². The van der Waals surface area contributed by atoms with E-state index in [0.717, 1.165) is 30.4 Å². The number of benzene rings is 1. The van der Waals surface area contributed by atoms with Crippen LogP contribution in [-0.2, 0) is 6.42 Å². The molecule has 1 heterocycles. The Bertz CT molecular complexity index is 439. The zero-order valence-corrected chi connectivity index (χ0v) is 13.7. The van der Waals surface area contributed by atoms with Gasteiger partial charge < -0.3 is 10.5 Å². The van der Waals surface area contributed by atoms with E-state index >= 15 is 0 Å². The van der Waals surface area contributed by atoms with E-state index in [4.69, 9.17) is 22.7 Å². The van der Waals surface area contributed by atoms with Gasteiger partial charge in [0.05, 0.1) is 4.99 Å². The Labute approximate surface area is 133 Å². The van der Waals surface area contributed by atoms with Gasteiger partial charge in [-0.15, -0.1) is 0 Å². The number of hydrogen-bond donors (Lipinski definition) is 1. The molecule has 2 rings (SSSR count). The highest BCUT2D eigenvalue weighted by molar-refractivity contribution is 7.80. The van der Waals surface area contributed by atoms with E-state index in [1.807, 2.05) is 24.3 Å². The average molecular weight is 306 g/mol. The van der Waals surface area contributed by atoms with Crippen molar-refractivity contribution in [3.05, 3.63) is 29.8 Å². The highest BCUT2D eigenvalue weighted by Crippen LogP contribution is 2.19. The number of nitrogens with zero attached hydrogens (tertiary/aromatic N) is 1. The summed E-state index contributed by atoms with van der Waals surface area (Å²) < 4.78 is 5.82. The fraction of sp³-hybridized carbons (Fsp3) is 0.588. The van der Waals surface area contributed by atoms with E-state index in [1.165, 1.54) is 32.4 Å². The lowest BCUT2D eigenvalue weighted by Crippen LogP contribution is -2.36. The average Bonchev–Trinajstić information content (AvgIpc) is 2.49. The number of rotatable bonds is 7. The predicted octanol–water partition coefficient (Wildman–Crippen LogP) is 3.02. The predicted molar refractivity (Wildman–Crippen MR) is 91.9 cm³/mol. The Kier molecular flexibility index (Phi) is 6.46. The summed E-state index contributed by atoms with van der Waals surface area (Å²) in [6.45, 7) is 6.50. The molecule has 3 nitrogen and oxygen atoms in total. The fourth-order valence-electron chi connectivity index (χ4n) is 2.82. The van der Waals surface area contributed by atoms with Gasteiger partial charge >= 0.3 is 0 Å². The molecule has 4 heteroatoms. The van der Waals surface area contributed by atoms with Crippen LogP contribution in [0.5, 0.6) is 5.75 Å². The van der Waals surface area contributed by atoms with E-state index < -0.39 is 0 Å². The number of hydrogen-bond acceptors (Lipinski definition) is 3. The molecule has 116 valence electrons. The first-order chi connectivity index (χ1) is 10.2. The molecule has 1 aliphatic rings. The van der Waals surface area contributed by atoms with Crippen LogP contribution in [0, 0.1) is 5.92 Å². The Morgan fingerprint density at radius 1 is 1.29 bits per heavy atom. The number of likely N-dealkylation sites (tertiary alicyclic amines) is 1. The van der Waals surface area contributed by atoms with Gasteiger partial charge in [-0.25, -0.2) is 0 Å². The van der Waals surface area contributed by atoms with Gasteiger partial charge in [-0.2, -0.15) is 0 Å². The van der Waals surface area contributed by atoms with Crippen LogP contribution in [0.4, 0.5) is 0 Å². The van der Waals surface area contributed by atoms with Gasteiger partial charge in [-0.3, -0.25) is 4.90 Å².